The van der Waals surface area contributed by atoms with Gasteiger partial charge in [0.1, 0.15) is 6.61 Å². The lowest BCUT2D eigenvalue weighted by molar-refractivity contribution is -0.184. The molecular weight excluding hydrogens is 474 g/mol. The lowest BCUT2D eigenvalue weighted by Crippen LogP contribution is -2.76. The largest absolute Gasteiger partial charge is 0.459 e. The van der Waals surface area contributed by atoms with E-state index in [1.807, 2.05) is 30.3 Å². The highest BCUT2D eigenvalue weighted by atomic mass is 79.9. The molecule has 2 rings (SSSR count). The second kappa shape index (κ2) is 10.6. The van der Waals surface area contributed by atoms with Crippen molar-refractivity contribution in [3.8, 4) is 0 Å². The Morgan fingerprint density at radius 3 is 2.32 bits per heavy atom. The van der Waals surface area contributed by atoms with Gasteiger partial charge in [-0.05, 0) is 29.4 Å². The molecule has 5 nitrogen and oxygen atoms in total. The maximum Gasteiger partial charge on any atom is 0.335 e. The molecule has 1 aliphatic heterocycles. The Labute approximate surface area is 197 Å². The van der Waals surface area contributed by atoms with Crippen LogP contribution in [0.3, 0.4) is 0 Å². The van der Waals surface area contributed by atoms with Gasteiger partial charge in [0.2, 0.25) is 5.91 Å². The summed E-state index contributed by atoms with van der Waals surface area (Å²) in [5.74, 6) is 0.0361. The summed E-state index contributed by atoms with van der Waals surface area (Å²) in [5, 5.41) is 0.645. The van der Waals surface area contributed by atoms with E-state index in [1.54, 1.807) is 0 Å². The topological polar surface area (TPSA) is 55.8 Å². The van der Waals surface area contributed by atoms with Crippen molar-refractivity contribution >= 4 is 36.0 Å². The van der Waals surface area contributed by atoms with Gasteiger partial charge in [-0.1, -0.05) is 94.0 Å². The molecule has 1 aromatic carbocycles. The molecule has 1 amide bonds. The van der Waals surface area contributed by atoms with Crippen LogP contribution in [0, 0.1) is 5.92 Å². The van der Waals surface area contributed by atoms with Crippen molar-refractivity contribution in [1.82, 2.24) is 4.57 Å². The minimum absolute atomic E-state index is 0.00754. The summed E-state index contributed by atoms with van der Waals surface area (Å²) in [4.78, 5) is 26.0. The summed E-state index contributed by atoms with van der Waals surface area (Å²) < 4.78 is 13.8. The Bertz CT molecular complexity index is 748. The van der Waals surface area contributed by atoms with Crippen molar-refractivity contribution < 1.29 is 19.1 Å². The molecule has 0 bridgehead atoms. The first-order chi connectivity index (χ1) is 14.4. The Morgan fingerprint density at radius 1 is 1.19 bits per heavy atom. The van der Waals surface area contributed by atoms with Crippen molar-refractivity contribution in [3.05, 3.63) is 35.9 Å². The second-order valence-corrected chi connectivity index (χ2v) is 16.2. The maximum absolute atomic E-state index is 13.3. The van der Waals surface area contributed by atoms with E-state index in [4.69, 9.17) is 9.47 Å². The van der Waals surface area contributed by atoms with Crippen LogP contribution in [-0.2, 0) is 25.7 Å². The molecule has 1 saturated heterocycles. The number of ether oxygens (including phenoxy) is 2. The first-order valence-electron chi connectivity index (χ1n) is 11.1. The molecule has 0 aliphatic carbocycles. The second-order valence-electron chi connectivity index (χ2n) is 10.3. The third kappa shape index (κ3) is 6.20. The highest BCUT2D eigenvalue weighted by Gasteiger charge is 2.58. The number of benzene rings is 1. The molecule has 1 heterocycles. The molecule has 1 aromatic rings. The van der Waals surface area contributed by atoms with E-state index in [9.17, 15) is 9.59 Å². The van der Waals surface area contributed by atoms with E-state index in [-0.39, 0.29) is 23.6 Å². The Hall–Kier alpha value is -1.18. The lowest BCUT2D eigenvalue weighted by atomic mass is 9.92. The number of carbonyl (C=O) groups is 2. The van der Waals surface area contributed by atoms with Gasteiger partial charge in [-0.25, -0.2) is 4.79 Å². The summed E-state index contributed by atoms with van der Waals surface area (Å²) in [5.41, 5.74) is 0.926. The number of hydrogen-bond donors (Lipinski definition) is 0. The SMILES string of the molecule is CC(C)C[C@H]1[C@H](OC(CCBr)C(=O)OCc2ccccc2)C(=O)N1[Si](C)(C)C(C)(C)C. The van der Waals surface area contributed by atoms with Crippen LogP contribution in [0.25, 0.3) is 0 Å². The first-order valence-corrected chi connectivity index (χ1v) is 15.2. The maximum atomic E-state index is 13.3. The Morgan fingerprint density at radius 2 is 1.81 bits per heavy atom. The van der Waals surface area contributed by atoms with Gasteiger partial charge in [0.15, 0.2) is 20.4 Å². The zero-order valence-corrected chi connectivity index (χ0v) is 22.6. The third-order valence-electron chi connectivity index (χ3n) is 6.48. The van der Waals surface area contributed by atoms with Crippen LogP contribution < -0.4 is 0 Å². The lowest BCUT2D eigenvalue weighted by Gasteiger charge is -2.58. The molecular formula is C24H38BrNO4Si. The molecule has 174 valence electrons. The number of halogens is 1. The predicted molar refractivity (Wildman–Crippen MR) is 131 cm³/mol. The standard InChI is InChI=1S/C24H38BrNO4Si/c1-17(2)15-19-21(22(27)26(19)31(6,7)24(3,4)5)30-20(13-14-25)23(28)29-16-18-11-9-8-10-12-18/h8-12,17,19-21H,13-16H2,1-7H3/t19-,20?,21-/m0/s1. The highest BCUT2D eigenvalue weighted by Crippen LogP contribution is 2.45. The minimum Gasteiger partial charge on any atom is -0.459 e. The van der Waals surface area contributed by atoms with E-state index in [1.165, 1.54) is 0 Å². The van der Waals surface area contributed by atoms with Gasteiger partial charge in [0.25, 0.3) is 0 Å². The van der Waals surface area contributed by atoms with E-state index in [2.05, 4.69) is 68.2 Å². The summed E-state index contributed by atoms with van der Waals surface area (Å²) >= 11 is 3.41. The van der Waals surface area contributed by atoms with Crippen LogP contribution >= 0.6 is 15.9 Å². The number of rotatable bonds is 10. The number of nitrogens with zero attached hydrogens (tertiary/aromatic N) is 1. The van der Waals surface area contributed by atoms with E-state index < -0.39 is 26.4 Å². The Kier molecular flexibility index (Phi) is 8.93. The fourth-order valence-electron chi connectivity index (χ4n) is 3.77. The molecule has 0 aromatic heterocycles. The molecule has 0 N–H and O–H groups in total. The molecule has 1 aliphatic rings. The van der Waals surface area contributed by atoms with Crippen molar-refractivity contribution in [2.24, 2.45) is 5.92 Å². The molecule has 1 unspecified atom stereocenters. The van der Waals surface area contributed by atoms with Crippen LogP contribution in [0.5, 0.6) is 0 Å². The number of carbonyl (C=O) groups excluding carboxylic acids is 2. The fourth-order valence-corrected chi connectivity index (χ4v) is 6.66. The average molecular weight is 513 g/mol. The molecule has 7 heteroatoms. The van der Waals surface area contributed by atoms with Crippen molar-refractivity contribution in [3.63, 3.8) is 0 Å². The molecule has 1 fully saturated rings. The zero-order chi connectivity index (χ0) is 23.4. The van der Waals surface area contributed by atoms with Gasteiger partial charge < -0.3 is 14.0 Å². The molecule has 0 saturated carbocycles. The average Bonchev–Trinajstić information content (AvgIpc) is 2.68. The van der Waals surface area contributed by atoms with Crippen LogP contribution in [0.4, 0.5) is 0 Å². The van der Waals surface area contributed by atoms with Crippen LogP contribution in [-0.4, -0.2) is 48.3 Å². The molecule has 31 heavy (non-hydrogen) atoms. The highest BCUT2D eigenvalue weighted by molar-refractivity contribution is 9.09. The smallest absolute Gasteiger partial charge is 0.335 e. The predicted octanol–water partition coefficient (Wildman–Crippen LogP) is 5.53. The molecule has 0 spiro atoms. The molecule has 3 atom stereocenters. The van der Waals surface area contributed by atoms with Gasteiger partial charge in [0, 0.05) is 5.33 Å². The van der Waals surface area contributed by atoms with Crippen molar-refractivity contribution in [2.45, 2.75) is 90.4 Å². The number of alkyl halides is 1. The fraction of sp³-hybridized carbons (Fsp3) is 0.667. The minimum atomic E-state index is -2.03. The number of β-lactam (4-membered cyclic amide) rings is 1. The first kappa shape index (κ1) is 26.1. The van der Waals surface area contributed by atoms with Crippen LogP contribution in [0.1, 0.15) is 53.0 Å². The number of hydrogen-bond acceptors (Lipinski definition) is 4. The molecule has 0 radical (unpaired) electrons. The summed E-state index contributed by atoms with van der Waals surface area (Å²) in [6.07, 6.45) is -0.00680. The monoisotopic (exact) mass is 511 g/mol. The zero-order valence-electron chi connectivity index (χ0n) is 20.0. The number of esters is 1. The summed E-state index contributed by atoms with van der Waals surface area (Å²) in [6.45, 7) is 15.6. The van der Waals surface area contributed by atoms with Gasteiger partial charge in [-0.2, -0.15) is 0 Å². The third-order valence-corrected chi connectivity index (χ3v) is 12.4. The van der Waals surface area contributed by atoms with Gasteiger partial charge in [0.05, 0.1) is 6.04 Å². The van der Waals surface area contributed by atoms with E-state index in [0.717, 1.165) is 12.0 Å². The van der Waals surface area contributed by atoms with Gasteiger partial charge >= 0.3 is 5.97 Å². The quantitative estimate of drug-likeness (QED) is 0.179. The summed E-state index contributed by atoms with van der Waals surface area (Å²) in [6, 6.07) is 9.59. The Balaban J connectivity index is 2.13. The van der Waals surface area contributed by atoms with Gasteiger partial charge in [-0.3, -0.25) is 4.79 Å². The van der Waals surface area contributed by atoms with Crippen LogP contribution in [0.2, 0.25) is 18.1 Å². The van der Waals surface area contributed by atoms with Crippen molar-refractivity contribution in [2.75, 3.05) is 5.33 Å². The normalized spacial score (nSPS) is 20.5. The van der Waals surface area contributed by atoms with E-state index in [0.29, 0.717) is 17.7 Å². The van der Waals surface area contributed by atoms with E-state index >= 15 is 0 Å². The van der Waals surface area contributed by atoms with Crippen molar-refractivity contribution in [1.29, 1.82) is 0 Å². The number of amides is 1. The van der Waals surface area contributed by atoms with Crippen LogP contribution in [0.15, 0.2) is 30.3 Å². The van der Waals surface area contributed by atoms with Gasteiger partial charge in [-0.15, -0.1) is 0 Å². The summed E-state index contributed by atoms with van der Waals surface area (Å²) in [7, 11) is -2.03.